The monoisotopic (exact) mass is 343 g/mol. The molecule has 0 fully saturated rings. The molecule has 0 aliphatic rings. The molecular formula is C17H17N3O5. The minimum atomic E-state index is -0.509. The fourth-order valence-electron chi connectivity index (χ4n) is 1.89. The first-order chi connectivity index (χ1) is 12.1. The van der Waals surface area contributed by atoms with Gasteiger partial charge in [-0.15, -0.1) is 0 Å². The fourth-order valence-corrected chi connectivity index (χ4v) is 1.89. The number of carbonyl (C=O) groups excluding carboxylic acids is 1. The van der Waals surface area contributed by atoms with E-state index in [2.05, 4.69) is 10.5 Å². The minimum Gasteiger partial charge on any atom is -0.493 e. The molecule has 8 nitrogen and oxygen atoms in total. The van der Waals surface area contributed by atoms with Gasteiger partial charge < -0.3 is 9.47 Å². The first-order valence-corrected chi connectivity index (χ1v) is 7.51. The van der Waals surface area contributed by atoms with Gasteiger partial charge in [-0.1, -0.05) is 12.1 Å². The molecule has 0 aliphatic heterocycles. The highest BCUT2D eigenvalue weighted by molar-refractivity contribution is 5.85. The highest BCUT2D eigenvalue weighted by Crippen LogP contribution is 2.17. The van der Waals surface area contributed by atoms with Crippen molar-refractivity contribution in [2.45, 2.75) is 6.92 Å². The quantitative estimate of drug-likeness (QED) is 0.451. The van der Waals surface area contributed by atoms with Gasteiger partial charge in [-0.3, -0.25) is 14.9 Å². The van der Waals surface area contributed by atoms with Crippen molar-refractivity contribution >= 4 is 17.8 Å². The normalized spacial score (nSPS) is 10.4. The number of hydrazone groups is 1. The van der Waals surface area contributed by atoms with Crippen LogP contribution in [0.2, 0.25) is 0 Å². The first kappa shape index (κ1) is 17.9. The van der Waals surface area contributed by atoms with Crippen molar-refractivity contribution in [1.29, 1.82) is 0 Å². The number of benzene rings is 2. The second-order valence-corrected chi connectivity index (χ2v) is 4.80. The summed E-state index contributed by atoms with van der Waals surface area (Å²) in [5.74, 6) is 0.569. The molecule has 0 radical (unpaired) electrons. The van der Waals surface area contributed by atoms with Gasteiger partial charge in [0, 0.05) is 17.7 Å². The van der Waals surface area contributed by atoms with Crippen molar-refractivity contribution < 1.29 is 19.2 Å². The van der Waals surface area contributed by atoms with E-state index in [4.69, 9.17) is 9.47 Å². The first-order valence-electron chi connectivity index (χ1n) is 7.51. The van der Waals surface area contributed by atoms with Gasteiger partial charge in [0.05, 0.1) is 17.7 Å². The summed E-state index contributed by atoms with van der Waals surface area (Å²) in [6.45, 7) is 2.15. The molecule has 2 aromatic rings. The fraction of sp³-hybridized carbons (Fsp3) is 0.176. The number of nitro groups is 1. The lowest BCUT2D eigenvalue weighted by Crippen LogP contribution is -2.24. The van der Waals surface area contributed by atoms with Gasteiger partial charge in [-0.05, 0) is 31.2 Å². The number of hydrogen-bond donors (Lipinski definition) is 1. The van der Waals surface area contributed by atoms with Gasteiger partial charge in [0.1, 0.15) is 11.5 Å². The van der Waals surface area contributed by atoms with Crippen LogP contribution >= 0.6 is 0 Å². The maximum absolute atomic E-state index is 11.7. The zero-order chi connectivity index (χ0) is 18.1. The molecule has 1 N–H and O–H groups in total. The van der Waals surface area contributed by atoms with Gasteiger partial charge in [0.25, 0.3) is 11.6 Å². The summed E-state index contributed by atoms with van der Waals surface area (Å²) in [7, 11) is 0. The smallest absolute Gasteiger partial charge is 0.277 e. The molecule has 0 saturated heterocycles. The van der Waals surface area contributed by atoms with E-state index in [1.165, 1.54) is 30.5 Å². The number of ether oxygens (including phenoxy) is 2. The van der Waals surface area contributed by atoms with E-state index < -0.39 is 10.8 Å². The van der Waals surface area contributed by atoms with Gasteiger partial charge in [0.15, 0.2) is 6.61 Å². The van der Waals surface area contributed by atoms with Crippen LogP contribution in [0.3, 0.4) is 0 Å². The number of non-ortho nitro benzene ring substituents is 1. The van der Waals surface area contributed by atoms with Crippen molar-refractivity contribution in [3.8, 4) is 11.5 Å². The van der Waals surface area contributed by atoms with Gasteiger partial charge in [-0.2, -0.15) is 5.10 Å². The molecule has 0 aromatic heterocycles. The number of carbonyl (C=O) groups is 1. The zero-order valence-corrected chi connectivity index (χ0v) is 13.5. The number of rotatable bonds is 8. The van der Waals surface area contributed by atoms with E-state index in [9.17, 15) is 14.9 Å². The molecule has 8 heteroatoms. The molecule has 0 bridgehead atoms. The average molecular weight is 343 g/mol. The molecule has 0 saturated carbocycles. The molecule has 0 heterocycles. The van der Waals surface area contributed by atoms with Crippen LogP contribution in [0.25, 0.3) is 0 Å². The lowest BCUT2D eigenvalue weighted by atomic mass is 10.2. The third kappa shape index (κ3) is 5.61. The summed E-state index contributed by atoms with van der Waals surface area (Å²) in [4.78, 5) is 21.7. The van der Waals surface area contributed by atoms with Crippen LogP contribution in [0.4, 0.5) is 5.69 Å². The molecule has 1 amide bonds. The van der Waals surface area contributed by atoms with Crippen molar-refractivity contribution in [1.82, 2.24) is 5.43 Å². The summed E-state index contributed by atoms with van der Waals surface area (Å²) in [6, 6.07) is 12.8. The van der Waals surface area contributed by atoms with E-state index in [1.807, 2.05) is 31.2 Å². The van der Waals surface area contributed by atoms with Crippen LogP contribution in [0.15, 0.2) is 53.6 Å². The Labute approximate surface area is 144 Å². The summed E-state index contributed by atoms with van der Waals surface area (Å²) in [5, 5.41) is 14.4. The molecule has 25 heavy (non-hydrogen) atoms. The Morgan fingerprint density at radius 2 is 1.92 bits per heavy atom. The maximum Gasteiger partial charge on any atom is 0.277 e. The number of amides is 1. The van der Waals surface area contributed by atoms with Crippen molar-refractivity contribution in [2.75, 3.05) is 13.2 Å². The molecule has 2 rings (SSSR count). The zero-order valence-electron chi connectivity index (χ0n) is 13.5. The summed E-state index contributed by atoms with van der Waals surface area (Å²) in [6.07, 6.45) is 1.48. The minimum absolute atomic E-state index is 0.0469. The molecule has 0 spiro atoms. The predicted octanol–water partition coefficient (Wildman–Crippen LogP) is 2.52. The van der Waals surface area contributed by atoms with E-state index in [0.717, 1.165) is 5.56 Å². The Hall–Kier alpha value is -3.42. The molecule has 0 unspecified atom stereocenters. The van der Waals surface area contributed by atoms with Crippen LogP contribution in [-0.4, -0.2) is 30.3 Å². The Bertz CT molecular complexity index is 759. The summed E-state index contributed by atoms with van der Waals surface area (Å²) < 4.78 is 10.7. The topological polar surface area (TPSA) is 103 Å². The van der Waals surface area contributed by atoms with Crippen LogP contribution in [-0.2, 0) is 4.79 Å². The van der Waals surface area contributed by atoms with E-state index in [0.29, 0.717) is 18.1 Å². The van der Waals surface area contributed by atoms with E-state index in [1.54, 1.807) is 0 Å². The predicted molar refractivity (Wildman–Crippen MR) is 91.9 cm³/mol. The maximum atomic E-state index is 11.7. The third-order valence-electron chi connectivity index (χ3n) is 3.03. The number of para-hydroxylation sites is 1. The highest BCUT2D eigenvalue weighted by Gasteiger charge is 2.06. The number of nitrogens with one attached hydrogen (secondary N) is 1. The lowest BCUT2D eigenvalue weighted by molar-refractivity contribution is -0.384. The third-order valence-corrected chi connectivity index (χ3v) is 3.03. The molecular weight excluding hydrogens is 326 g/mol. The van der Waals surface area contributed by atoms with Crippen molar-refractivity contribution in [3.63, 3.8) is 0 Å². The average Bonchev–Trinajstić information content (AvgIpc) is 2.62. The SMILES string of the molecule is CCOc1ccccc1/C=N/NC(=O)COc1ccc([N+](=O)[O-])cc1. The van der Waals surface area contributed by atoms with Gasteiger partial charge in [0.2, 0.25) is 0 Å². The Morgan fingerprint density at radius 3 is 2.60 bits per heavy atom. The lowest BCUT2D eigenvalue weighted by Gasteiger charge is -2.06. The number of nitro benzene ring substituents is 1. The van der Waals surface area contributed by atoms with E-state index in [-0.39, 0.29) is 12.3 Å². The van der Waals surface area contributed by atoms with E-state index >= 15 is 0 Å². The second kappa shape index (κ2) is 9.02. The van der Waals surface area contributed by atoms with Gasteiger partial charge in [-0.25, -0.2) is 5.43 Å². The standard InChI is InChI=1S/C17H17N3O5/c1-2-24-16-6-4-3-5-13(16)11-18-19-17(21)12-25-15-9-7-14(8-10-15)20(22)23/h3-11H,2,12H2,1H3,(H,19,21)/b18-11+. The Morgan fingerprint density at radius 1 is 1.20 bits per heavy atom. The molecule has 130 valence electrons. The van der Waals surface area contributed by atoms with Crippen LogP contribution in [0, 0.1) is 10.1 Å². The highest BCUT2D eigenvalue weighted by atomic mass is 16.6. The van der Waals surface area contributed by atoms with Crippen molar-refractivity contribution in [3.05, 3.63) is 64.2 Å². The molecule has 2 aromatic carbocycles. The Balaban J connectivity index is 1.83. The number of hydrogen-bond acceptors (Lipinski definition) is 6. The molecule has 0 atom stereocenters. The second-order valence-electron chi connectivity index (χ2n) is 4.80. The van der Waals surface area contributed by atoms with Crippen LogP contribution in [0.1, 0.15) is 12.5 Å². The number of nitrogens with zero attached hydrogens (tertiary/aromatic N) is 2. The molecule has 0 aliphatic carbocycles. The summed E-state index contributed by atoms with van der Waals surface area (Å²) in [5.41, 5.74) is 3.03. The van der Waals surface area contributed by atoms with Crippen LogP contribution < -0.4 is 14.9 Å². The van der Waals surface area contributed by atoms with Gasteiger partial charge >= 0.3 is 0 Å². The summed E-state index contributed by atoms with van der Waals surface area (Å²) >= 11 is 0. The van der Waals surface area contributed by atoms with Crippen LogP contribution in [0.5, 0.6) is 11.5 Å². The largest absolute Gasteiger partial charge is 0.493 e. The van der Waals surface area contributed by atoms with Crippen molar-refractivity contribution in [2.24, 2.45) is 5.10 Å². The Kier molecular flexibility index (Phi) is 6.47.